The van der Waals surface area contributed by atoms with Crippen LogP contribution in [0.2, 0.25) is 0 Å². The predicted octanol–water partition coefficient (Wildman–Crippen LogP) is 1.99. The van der Waals surface area contributed by atoms with Gasteiger partial charge in [-0.25, -0.2) is 4.99 Å². The summed E-state index contributed by atoms with van der Waals surface area (Å²) in [5.41, 5.74) is 2.39. The monoisotopic (exact) mass is 260 g/mol. The van der Waals surface area contributed by atoms with Gasteiger partial charge in [-0.3, -0.25) is 0 Å². The Bertz CT molecular complexity index is 424. The van der Waals surface area contributed by atoms with E-state index in [4.69, 9.17) is 0 Å². The van der Waals surface area contributed by atoms with Gasteiger partial charge < -0.3 is 15.5 Å². The largest absolute Gasteiger partial charge is 0.378 e. The van der Waals surface area contributed by atoms with Crippen LogP contribution < -0.4 is 15.5 Å². The van der Waals surface area contributed by atoms with Crippen LogP contribution in [0.3, 0.4) is 0 Å². The molecule has 0 aliphatic carbocycles. The molecule has 1 rings (SSSR count). The van der Waals surface area contributed by atoms with Gasteiger partial charge in [-0.1, -0.05) is 18.2 Å². The van der Waals surface area contributed by atoms with Crippen molar-refractivity contribution in [1.82, 2.24) is 10.6 Å². The second-order valence-corrected chi connectivity index (χ2v) is 4.43. The van der Waals surface area contributed by atoms with Gasteiger partial charge in [0.15, 0.2) is 5.96 Å². The first kappa shape index (κ1) is 15.1. The molecule has 0 saturated heterocycles. The summed E-state index contributed by atoms with van der Waals surface area (Å²) in [6.45, 7) is 7.97. The van der Waals surface area contributed by atoms with Gasteiger partial charge in [0.25, 0.3) is 0 Å². The minimum absolute atomic E-state index is 0.661. The molecule has 0 heterocycles. The smallest absolute Gasteiger partial charge is 0.191 e. The van der Waals surface area contributed by atoms with Gasteiger partial charge in [0.1, 0.15) is 0 Å². The van der Waals surface area contributed by atoms with Crippen molar-refractivity contribution in [2.24, 2.45) is 4.99 Å². The lowest BCUT2D eigenvalue weighted by Crippen LogP contribution is -2.37. The van der Waals surface area contributed by atoms with E-state index in [-0.39, 0.29) is 0 Å². The van der Waals surface area contributed by atoms with Gasteiger partial charge in [0.2, 0.25) is 0 Å². The zero-order chi connectivity index (χ0) is 14.1. The third kappa shape index (κ3) is 5.46. The number of guanidine groups is 1. The minimum atomic E-state index is 0.661. The van der Waals surface area contributed by atoms with Gasteiger partial charge in [-0.2, -0.15) is 0 Å². The molecule has 104 valence electrons. The molecule has 1 aromatic carbocycles. The van der Waals surface area contributed by atoms with E-state index in [0.29, 0.717) is 13.1 Å². The maximum absolute atomic E-state index is 4.55. The summed E-state index contributed by atoms with van der Waals surface area (Å²) in [4.78, 5) is 6.64. The van der Waals surface area contributed by atoms with Crippen LogP contribution >= 0.6 is 0 Å². The molecule has 0 radical (unpaired) electrons. The SMILES string of the molecule is C=CCNC(=NCc1cccc(N(C)C)c1)NCC. The van der Waals surface area contributed by atoms with E-state index in [1.54, 1.807) is 0 Å². The van der Waals surface area contributed by atoms with E-state index in [2.05, 4.69) is 58.3 Å². The number of anilines is 1. The Morgan fingerprint density at radius 2 is 2.16 bits per heavy atom. The molecule has 0 aromatic heterocycles. The van der Waals surface area contributed by atoms with Crippen LogP contribution in [0.25, 0.3) is 0 Å². The number of nitrogens with zero attached hydrogens (tertiary/aromatic N) is 2. The normalized spacial score (nSPS) is 11.0. The summed E-state index contributed by atoms with van der Waals surface area (Å²) >= 11 is 0. The third-order valence-electron chi connectivity index (χ3n) is 2.60. The van der Waals surface area contributed by atoms with Crippen LogP contribution in [0.4, 0.5) is 5.69 Å². The van der Waals surface area contributed by atoms with Crippen LogP contribution in [-0.4, -0.2) is 33.1 Å². The molecular weight excluding hydrogens is 236 g/mol. The van der Waals surface area contributed by atoms with Crippen molar-refractivity contribution >= 4 is 11.6 Å². The first-order valence-electron chi connectivity index (χ1n) is 6.56. The Labute approximate surface area is 116 Å². The summed E-state index contributed by atoms with van der Waals surface area (Å²) in [6, 6.07) is 8.40. The number of rotatable bonds is 6. The maximum atomic E-state index is 4.55. The number of hydrogen-bond acceptors (Lipinski definition) is 2. The summed E-state index contributed by atoms with van der Waals surface area (Å²) in [7, 11) is 4.08. The molecule has 0 unspecified atom stereocenters. The third-order valence-corrected chi connectivity index (χ3v) is 2.60. The van der Waals surface area contributed by atoms with Crippen LogP contribution in [0.15, 0.2) is 41.9 Å². The van der Waals surface area contributed by atoms with E-state index in [1.165, 1.54) is 11.3 Å². The van der Waals surface area contributed by atoms with Crippen molar-refractivity contribution in [3.63, 3.8) is 0 Å². The number of hydrogen-bond donors (Lipinski definition) is 2. The van der Waals surface area contributed by atoms with Crippen molar-refractivity contribution in [1.29, 1.82) is 0 Å². The maximum Gasteiger partial charge on any atom is 0.191 e. The quantitative estimate of drug-likeness (QED) is 0.467. The van der Waals surface area contributed by atoms with Crippen molar-refractivity contribution in [2.45, 2.75) is 13.5 Å². The molecule has 0 atom stereocenters. The van der Waals surface area contributed by atoms with Crippen LogP contribution in [0.1, 0.15) is 12.5 Å². The van der Waals surface area contributed by atoms with E-state index in [1.807, 2.05) is 20.2 Å². The lowest BCUT2D eigenvalue weighted by molar-refractivity contribution is 0.860. The minimum Gasteiger partial charge on any atom is -0.378 e. The average molecular weight is 260 g/mol. The fourth-order valence-electron chi connectivity index (χ4n) is 1.61. The lowest BCUT2D eigenvalue weighted by Gasteiger charge is -2.13. The number of benzene rings is 1. The Morgan fingerprint density at radius 1 is 1.37 bits per heavy atom. The molecule has 0 fully saturated rings. The predicted molar refractivity (Wildman–Crippen MR) is 83.8 cm³/mol. The summed E-state index contributed by atoms with van der Waals surface area (Å²) in [6.07, 6.45) is 1.82. The highest BCUT2D eigenvalue weighted by Crippen LogP contribution is 2.13. The van der Waals surface area contributed by atoms with E-state index >= 15 is 0 Å². The highest BCUT2D eigenvalue weighted by atomic mass is 15.2. The molecule has 0 amide bonds. The highest BCUT2D eigenvalue weighted by molar-refractivity contribution is 5.79. The van der Waals surface area contributed by atoms with Gasteiger partial charge in [0, 0.05) is 32.9 Å². The molecular formula is C15H24N4. The fraction of sp³-hybridized carbons (Fsp3) is 0.400. The van der Waals surface area contributed by atoms with Gasteiger partial charge >= 0.3 is 0 Å². The topological polar surface area (TPSA) is 39.7 Å². The molecule has 0 saturated carbocycles. The molecule has 0 bridgehead atoms. The lowest BCUT2D eigenvalue weighted by atomic mass is 10.2. The average Bonchev–Trinajstić information content (AvgIpc) is 2.42. The second-order valence-electron chi connectivity index (χ2n) is 4.43. The molecule has 2 N–H and O–H groups in total. The fourth-order valence-corrected chi connectivity index (χ4v) is 1.61. The van der Waals surface area contributed by atoms with Crippen LogP contribution in [0.5, 0.6) is 0 Å². The highest BCUT2D eigenvalue weighted by Gasteiger charge is 1.99. The van der Waals surface area contributed by atoms with Crippen LogP contribution in [-0.2, 0) is 6.54 Å². The van der Waals surface area contributed by atoms with Gasteiger partial charge in [-0.05, 0) is 24.6 Å². The molecule has 4 heteroatoms. The Hall–Kier alpha value is -1.97. The van der Waals surface area contributed by atoms with E-state index in [9.17, 15) is 0 Å². The standard InChI is InChI=1S/C15H24N4/c1-5-10-17-15(16-6-2)18-12-13-8-7-9-14(11-13)19(3)4/h5,7-9,11H,1,6,10,12H2,2-4H3,(H2,16,17,18). The molecule has 1 aromatic rings. The van der Waals surface area contributed by atoms with Crippen LogP contribution in [0, 0.1) is 0 Å². The molecule has 4 nitrogen and oxygen atoms in total. The first-order chi connectivity index (χ1) is 9.17. The molecule has 19 heavy (non-hydrogen) atoms. The molecule has 0 spiro atoms. The van der Waals surface area contributed by atoms with Crippen molar-refractivity contribution in [3.8, 4) is 0 Å². The second kappa shape index (κ2) is 8.19. The Morgan fingerprint density at radius 3 is 2.79 bits per heavy atom. The van der Waals surface area contributed by atoms with Gasteiger partial charge in [0.05, 0.1) is 6.54 Å². The van der Waals surface area contributed by atoms with Gasteiger partial charge in [-0.15, -0.1) is 6.58 Å². The summed E-state index contributed by atoms with van der Waals surface area (Å²) in [5, 5.41) is 6.39. The number of nitrogens with one attached hydrogen (secondary N) is 2. The van der Waals surface area contributed by atoms with Crippen molar-refractivity contribution < 1.29 is 0 Å². The van der Waals surface area contributed by atoms with Crippen molar-refractivity contribution in [2.75, 3.05) is 32.1 Å². The van der Waals surface area contributed by atoms with Crippen molar-refractivity contribution in [3.05, 3.63) is 42.5 Å². The zero-order valence-corrected chi connectivity index (χ0v) is 12.1. The first-order valence-corrected chi connectivity index (χ1v) is 6.56. The van der Waals surface area contributed by atoms with E-state index < -0.39 is 0 Å². The molecule has 0 aliphatic heterocycles. The molecule has 0 aliphatic rings. The Balaban J connectivity index is 2.70. The van der Waals surface area contributed by atoms with E-state index in [0.717, 1.165) is 12.5 Å². The summed E-state index contributed by atoms with van der Waals surface area (Å²) in [5.74, 6) is 0.817. The summed E-state index contributed by atoms with van der Waals surface area (Å²) < 4.78 is 0. The zero-order valence-electron chi connectivity index (χ0n) is 12.1. The number of aliphatic imine (C=N–C) groups is 1. The Kier molecular flexibility index (Phi) is 6.50.